The molecule has 1 atom stereocenters. The molecule has 2 rings (SSSR count). The molecule has 1 fully saturated rings. The molecule has 0 amide bonds. The van der Waals surface area contributed by atoms with E-state index >= 15 is 0 Å². The van der Waals surface area contributed by atoms with E-state index in [0.717, 1.165) is 19.6 Å². The second kappa shape index (κ2) is 4.19. The highest BCUT2D eigenvalue weighted by Gasteiger charge is 2.23. The number of anilines is 1. The summed E-state index contributed by atoms with van der Waals surface area (Å²) in [5, 5.41) is 0. The first-order chi connectivity index (χ1) is 7.22. The molecule has 0 aromatic carbocycles. The maximum absolute atomic E-state index is 5.71. The molecule has 1 aliphatic heterocycles. The lowest BCUT2D eigenvalue weighted by Crippen LogP contribution is -2.24. The fourth-order valence-electron chi connectivity index (χ4n) is 2.42. The number of aryl methyl sites for hydroxylation is 2. The summed E-state index contributed by atoms with van der Waals surface area (Å²) in [6, 6.07) is 0. The molecule has 2 N–H and O–H groups in total. The first-order valence-corrected chi connectivity index (χ1v) is 5.58. The largest absolute Gasteiger partial charge is 0.371 e. The average molecular weight is 205 g/mol. The molecule has 3 nitrogen and oxygen atoms in total. The fraction of sp³-hybridized carbons (Fsp3) is 0.583. The molecule has 1 saturated heterocycles. The molecule has 2 heterocycles. The predicted octanol–water partition coefficient (Wildman–Crippen LogP) is 1.48. The Balaban J connectivity index is 2.23. The Bertz CT molecular complexity index is 328. The Hall–Kier alpha value is -1.09. The van der Waals surface area contributed by atoms with E-state index in [0.29, 0.717) is 5.92 Å². The zero-order valence-electron chi connectivity index (χ0n) is 9.53. The second-order valence-corrected chi connectivity index (χ2v) is 4.46. The maximum Gasteiger partial charge on any atom is 0.0456 e. The van der Waals surface area contributed by atoms with Crippen LogP contribution >= 0.6 is 0 Å². The van der Waals surface area contributed by atoms with Gasteiger partial charge < -0.3 is 10.6 Å². The van der Waals surface area contributed by atoms with Crippen molar-refractivity contribution in [3.05, 3.63) is 23.5 Å². The third kappa shape index (κ3) is 1.97. The number of rotatable bonds is 2. The van der Waals surface area contributed by atoms with Crippen molar-refractivity contribution in [3.8, 4) is 0 Å². The van der Waals surface area contributed by atoms with Gasteiger partial charge in [0.1, 0.15) is 0 Å². The van der Waals surface area contributed by atoms with Crippen LogP contribution in [-0.4, -0.2) is 24.6 Å². The van der Waals surface area contributed by atoms with E-state index in [1.165, 1.54) is 23.2 Å². The van der Waals surface area contributed by atoms with Crippen molar-refractivity contribution >= 4 is 5.69 Å². The quantitative estimate of drug-likeness (QED) is 0.795. The monoisotopic (exact) mass is 205 g/mol. The lowest BCUT2D eigenvalue weighted by atomic mass is 10.1. The van der Waals surface area contributed by atoms with Crippen molar-refractivity contribution in [1.29, 1.82) is 0 Å². The van der Waals surface area contributed by atoms with Crippen LogP contribution < -0.4 is 10.6 Å². The number of nitrogens with zero attached hydrogens (tertiary/aromatic N) is 2. The highest BCUT2D eigenvalue weighted by Crippen LogP contribution is 2.28. The molecule has 3 heteroatoms. The van der Waals surface area contributed by atoms with Gasteiger partial charge in [-0.25, -0.2) is 0 Å². The summed E-state index contributed by atoms with van der Waals surface area (Å²) in [6.45, 7) is 7.30. The SMILES string of the molecule is Cc1cncc(C)c1N1CCC(CN)C1. The summed E-state index contributed by atoms with van der Waals surface area (Å²) in [4.78, 5) is 6.65. The van der Waals surface area contributed by atoms with Gasteiger partial charge in [-0.05, 0) is 43.9 Å². The smallest absolute Gasteiger partial charge is 0.0456 e. The van der Waals surface area contributed by atoms with Crippen LogP contribution in [0.3, 0.4) is 0 Å². The van der Waals surface area contributed by atoms with Gasteiger partial charge in [0.15, 0.2) is 0 Å². The van der Waals surface area contributed by atoms with Crippen LogP contribution in [0.2, 0.25) is 0 Å². The summed E-state index contributed by atoms with van der Waals surface area (Å²) >= 11 is 0. The molecule has 1 aromatic rings. The Morgan fingerprint density at radius 2 is 2.07 bits per heavy atom. The number of hydrogen-bond acceptors (Lipinski definition) is 3. The van der Waals surface area contributed by atoms with Gasteiger partial charge in [-0.2, -0.15) is 0 Å². The van der Waals surface area contributed by atoms with Crippen LogP contribution in [-0.2, 0) is 0 Å². The van der Waals surface area contributed by atoms with E-state index in [9.17, 15) is 0 Å². The van der Waals surface area contributed by atoms with Crippen LogP contribution in [0.15, 0.2) is 12.4 Å². The predicted molar refractivity (Wildman–Crippen MR) is 63.1 cm³/mol. The maximum atomic E-state index is 5.71. The minimum absolute atomic E-state index is 0.664. The van der Waals surface area contributed by atoms with Crippen LogP contribution in [0.1, 0.15) is 17.5 Å². The fourth-order valence-corrected chi connectivity index (χ4v) is 2.42. The van der Waals surface area contributed by atoms with Gasteiger partial charge in [0, 0.05) is 31.2 Å². The lowest BCUT2D eigenvalue weighted by molar-refractivity contribution is 0.602. The van der Waals surface area contributed by atoms with E-state index in [1.54, 1.807) is 0 Å². The third-order valence-corrected chi connectivity index (χ3v) is 3.22. The molecule has 0 bridgehead atoms. The molecule has 0 spiro atoms. The molecule has 1 unspecified atom stereocenters. The minimum Gasteiger partial charge on any atom is -0.371 e. The Morgan fingerprint density at radius 1 is 1.40 bits per heavy atom. The lowest BCUT2D eigenvalue weighted by Gasteiger charge is -2.22. The van der Waals surface area contributed by atoms with E-state index in [2.05, 4.69) is 23.7 Å². The standard InChI is InChI=1S/C12H19N3/c1-9-6-14-7-10(2)12(9)15-4-3-11(5-13)8-15/h6-7,11H,3-5,8,13H2,1-2H3. The van der Waals surface area contributed by atoms with E-state index in [1.807, 2.05) is 12.4 Å². The second-order valence-electron chi connectivity index (χ2n) is 4.46. The Morgan fingerprint density at radius 3 is 2.60 bits per heavy atom. The van der Waals surface area contributed by atoms with E-state index < -0.39 is 0 Å². The van der Waals surface area contributed by atoms with Gasteiger partial charge in [0.2, 0.25) is 0 Å². The summed E-state index contributed by atoms with van der Waals surface area (Å²) in [5.41, 5.74) is 9.62. The first kappa shape index (κ1) is 10.4. The van der Waals surface area contributed by atoms with Crippen molar-refractivity contribution in [2.24, 2.45) is 11.7 Å². The summed E-state index contributed by atoms with van der Waals surface area (Å²) in [7, 11) is 0. The van der Waals surface area contributed by atoms with E-state index in [-0.39, 0.29) is 0 Å². The number of pyridine rings is 1. The first-order valence-electron chi connectivity index (χ1n) is 5.58. The molecule has 1 aliphatic rings. The van der Waals surface area contributed by atoms with Crippen LogP contribution in [0.5, 0.6) is 0 Å². The third-order valence-electron chi connectivity index (χ3n) is 3.22. The van der Waals surface area contributed by atoms with Gasteiger partial charge in [0.25, 0.3) is 0 Å². The summed E-state index contributed by atoms with van der Waals surface area (Å²) in [5.74, 6) is 0.664. The topological polar surface area (TPSA) is 42.2 Å². The number of nitrogens with two attached hydrogens (primary N) is 1. The van der Waals surface area contributed by atoms with Crippen LogP contribution in [0, 0.1) is 19.8 Å². The molecular formula is C12H19N3. The number of aromatic nitrogens is 1. The molecule has 0 aliphatic carbocycles. The van der Waals surface area contributed by atoms with Gasteiger partial charge in [-0.15, -0.1) is 0 Å². The summed E-state index contributed by atoms with van der Waals surface area (Å²) < 4.78 is 0. The molecular weight excluding hydrogens is 186 g/mol. The molecule has 0 radical (unpaired) electrons. The summed E-state index contributed by atoms with van der Waals surface area (Å²) in [6.07, 6.45) is 5.11. The van der Waals surface area contributed by atoms with Crippen molar-refractivity contribution in [3.63, 3.8) is 0 Å². The van der Waals surface area contributed by atoms with E-state index in [4.69, 9.17) is 5.73 Å². The Kier molecular flexibility index (Phi) is 2.91. The zero-order valence-corrected chi connectivity index (χ0v) is 9.53. The van der Waals surface area contributed by atoms with Gasteiger partial charge in [-0.3, -0.25) is 4.98 Å². The number of hydrogen-bond donors (Lipinski definition) is 1. The molecule has 82 valence electrons. The molecule has 0 saturated carbocycles. The molecule has 15 heavy (non-hydrogen) atoms. The highest BCUT2D eigenvalue weighted by atomic mass is 15.2. The van der Waals surface area contributed by atoms with Crippen molar-refractivity contribution in [1.82, 2.24) is 4.98 Å². The van der Waals surface area contributed by atoms with Crippen LogP contribution in [0.25, 0.3) is 0 Å². The molecule has 1 aromatic heterocycles. The van der Waals surface area contributed by atoms with Crippen molar-refractivity contribution < 1.29 is 0 Å². The van der Waals surface area contributed by atoms with Crippen molar-refractivity contribution in [2.75, 3.05) is 24.5 Å². The van der Waals surface area contributed by atoms with Gasteiger partial charge in [0.05, 0.1) is 0 Å². The highest BCUT2D eigenvalue weighted by molar-refractivity contribution is 5.58. The average Bonchev–Trinajstić information content (AvgIpc) is 2.66. The van der Waals surface area contributed by atoms with Gasteiger partial charge >= 0.3 is 0 Å². The van der Waals surface area contributed by atoms with Gasteiger partial charge in [-0.1, -0.05) is 0 Å². The minimum atomic E-state index is 0.664. The van der Waals surface area contributed by atoms with Crippen LogP contribution in [0.4, 0.5) is 5.69 Å². The normalized spacial score (nSPS) is 21.0. The zero-order chi connectivity index (χ0) is 10.8. The Labute approximate surface area is 91.3 Å². The van der Waals surface area contributed by atoms with Crippen molar-refractivity contribution in [2.45, 2.75) is 20.3 Å².